The van der Waals surface area contributed by atoms with Gasteiger partial charge in [-0.3, -0.25) is 4.72 Å². The van der Waals surface area contributed by atoms with E-state index in [1.54, 1.807) is 26.3 Å². The number of aliphatic imine (C=N–C) groups is 1. The van der Waals surface area contributed by atoms with Crippen LogP contribution in [0.15, 0.2) is 47.0 Å². The molecule has 0 unspecified atom stereocenters. The molecule has 26 heavy (non-hydrogen) atoms. The van der Waals surface area contributed by atoms with Crippen LogP contribution >= 0.6 is 0 Å². The van der Waals surface area contributed by atoms with E-state index in [2.05, 4.69) is 15.2 Å². The zero-order valence-corrected chi connectivity index (χ0v) is 14.7. The van der Waals surface area contributed by atoms with Gasteiger partial charge in [0.1, 0.15) is 11.5 Å². The number of benzene rings is 1. The number of allylic oxidation sites excluding steroid dienone is 1. The lowest BCUT2D eigenvalue weighted by atomic mass is 10.2. The van der Waals surface area contributed by atoms with Crippen molar-refractivity contribution in [1.29, 1.82) is 0 Å². The number of rotatable bonds is 5. The van der Waals surface area contributed by atoms with Gasteiger partial charge in [-0.15, -0.1) is 5.53 Å². The van der Waals surface area contributed by atoms with Gasteiger partial charge in [-0.25, -0.2) is 19.2 Å². The molecule has 0 saturated heterocycles. The Balaban J connectivity index is 1.89. The summed E-state index contributed by atoms with van der Waals surface area (Å²) >= 11 is 0. The number of carbonyl (C=O) groups excluding carboxylic acids is 1. The number of nitrogens with zero attached hydrogens (tertiary/aromatic N) is 3. The molecule has 2 aliphatic rings. The highest BCUT2D eigenvalue weighted by Crippen LogP contribution is 2.25. The van der Waals surface area contributed by atoms with Gasteiger partial charge in [-0.05, 0) is 31.6 Å². The second-order valence-electron chi connectivity index (χ2n) is 5.37. The first-order chi connectivity index (χ1) is 12.3. The molecule has 11 heteroatoms. The summed E-state index contributed by atoms with van der Waals surface area (Å²) in [5.41, 5.74) is 2.66. The van der Waals surface area contributed by atoms with Crippen LogP contribution < -0.4 is 10.3 Å². The molecule has 138 valence electrons. The number of nitrogens with one attached hydrogen (secondary N) is 2. The van der Waals surface area contributed by atoms with E-state index in [9.17, 15) is 17.6 Å². The third-order valence-corrected chi connectivity index (χ3v) is 4.59. The van der Waals surface area contributed by atoms with E-state index in [0.717, 1.165) is 16.1 Å². The number of halogens is 1. The predicted octanol–water partition coefficient (Wildman–Crippen LogP) is 1.48. The Kier molecular flexibility index (Phi) is 4.66. The van der Waals surface area contributed by atoms with Gasteiger partial charge in [0.25, 0.3) is 0 Å². The Morgan fingerprint density at radius 1 is 1.38 bits per heavy atom. The molecule has 0 saturated carbocycles. The molecule has 0 aromatic heterocycles. The maximum Gasteiger partial charge on any atom is 0.340 e. The van der Waals surface area contributed by atoms with Gasteiger partial charge in [0.2, 0.25) is 0 Å². The Morgan fingerprint density at radius 3 is 2.88 bits per heavy atom. The highest BCUT2D eigenvalue weighted by Gasteiger charge is 2.31. The third-order valence-electron chi connectivity index (χ3n) is 3.42. The fourth-order valence-electron chi connectivity index (χ4n) is 2.26. The van der Waals surface area contributed by atoms with Crippen molar-refractivity contribution in [3.05, 3.63) is 53.4 Å². The predicted molar refractivity (Wildman–Crippen MR) is 92.0 cm³/mol. The van der Waals surface area contributed by atoms with Crippen molar-refractivity contribution in [2.75, 3.05) is 11.3 Å². The number of ether oxygens (including phenoxy) is 1. The molecule has 0 aliphatic carbocycles. The van der Waals surface area contributed by atoms with Crippen molar-refractivity contribution in [1.82, 2.24) is 15.0 Å². The van der Waals surface area contributed by atoms with Gasteiger partial charge < -0.3 is 4.74 Å². The molecule has 1 aromatic rings. The average Bonchev–Trinajstić information content (AvgIpc) is 3.01. The smallest absolute Gasteiger partial charge is 0.340 e. The average molecular weight is 381 g/mol. The summed E-state index contributed by atoms with van der Waals surface area (Å²) in [5, 5.41) is 1.39. The van der Waals surface area contributed by atoms with Crippen LogP contribution in [0.2, 0.25) is 0 Å². The van der Waals surface area contributed by atoms with Gasteiger partial charge in [-0.1, -0.05) is 6.07 Å². The monoisotopic (exact) mass is 381 g/mol. The Bertz CT molecular complexity index is 941. The zero-order valence-electron chi connectivity index (χ0n) is 13.9. The molecule has 9 nitrogen and oxygen atoms in total. The topological polar surface area (TPSA) is 103 Å². The van der Waals surface area contributed by atoms with E-state index in [-0.39, 0.29) is 12.2 Å². The van der Waals surface area contributed by atoms with E-state index in [1.807, 2.05) is 0 Å². The molecule has 2 heterocycles. The Morgan fingerprint density at radius 2 is 2.15 bits per heavy atom. The largest absolute Gasteiger partial charge is 0.462 e. The van der Waals surface area contributed by atoms with Crippen LogP contribution in [0, 0.1) is 5.82 Å². The summed E-state index contributed by atoms with van der Waals surface area (Å²) in [4.78, 5) is 16.0. The highest BCUT2D eigenvalue weighted by molar-refractivity contribution is 7.90. The Hall–Kier alpha value is -2.92. The van der Waals surface area contributed by atoms with Crippen LogP contribution in [0.4, 0.5) is 10.1 Å². The first-order valence-electron chi connectivity index (χ1n) is 7.59. The molecule has 0 amide bonds. The van der Waals surface area contributed by atoms with Crippen molar-refractivity contribution in [2.24, 2.45) is 4.99 Å². The fraction of sp³-hybridized carbons (Fsp3) is 0.200. The van der Waals surface area contributed by atoms with Crippen LogP contribution in [0.3, 0.4) is 0 Å². The molecule has 1 aromatic carbocycles. The number of hydrogen-bond donors (Lipinski definition) is 2. The summed E-state index contributed by atoms with van der Waals surface area (Å²) in [6.45, 7) is 3.45. The second kappa shape index (κ2) is 6.77. The number of esters is 1. The normalized spacial score (nSPS) is 16.1. The highest BCUT2D eigenvalue weighted by atomic mass is 32.2. The molecule has 3 rings (SSSR count). The van der Waals surface area contributed by atoms with Crippen molar-refractivity contribution in [3.8, 4) is 0 Å². The maximum atomic E-state index is 14.2. The number of para-hydroxylation sites is 1. The zero-order chi connectivity index (χ0) is 18.9. The summed E-state index contributed by atoms with van der Waals surface area (Å²) in [7, 11) is -4.28. The van der Waals surface area contributed by atoms with E-state index in [1.165, 1.54) is 23.3 Å². The lowest BCUT2D eigenvalue weighted by Crippen LogP contribution is -2.44. The van der Waals surface area contributed by atoms with E-state index >= 15 is 0 Å². The molecular weight excluding hydrogens is 365 g/mol. The third kappa shape index (κ3) is 3.39. The lowest BCUT2D eigenvalue weighted by molar-refractivity contribution is 0.0527. The molecule has 0 fully saturated rings. The van der Waals surface area contributed by atoms with E-state index < -0.39 is 27.7 Å². The summed E-state index contributed by atoms with van der Waals surface area (Å²) in [6.07, 6.45) is 4.43. The lowest BCUT2D eigenvalue weighted by Gasteiger charge is -2.22. The van der Waals surface area contributed by atoms with Crippen molar-refractivity contribution >= 4 is 28.1 Å². The van der Waals surface area contributed by atoms with Crippen LogP contribution in [0.25, 0.3) is 0 Å². The minimum absolute atomic E-state index is 0.0694. The number of hydrazine groups is 2. The number of carbonyl (C=O) groups is 1. The molecular formula is C15H16FN5O4S. The second-order valence-corrected chi connectivity index (χ2v) is 6.92. The molecule has 0 spiro atoms. The summed E-state index contributed by atoms with van der Waals surface area (Å²) in [5.74, 6) is -1.41. The molecule has 2 N–H and O–H groups in total. The molecule has 0 radical (unpaired) electrons. The minimum Gasteiger partial charge on any atom is -0.462 e. The quantitative estimate of drug-likeness (QED) is 0.749. The van der Waals surface area contributed by atoms with Crippen LogP contribution in [0.1, 0.15) is 24.2 Å². The summed E-state index contributed by atoms with van der Waals surface area (Å²) in [6, 6.07) is 3.60. The first-order valence-corrected chi connectivity index (χ1v) is 9.03. The van der Waals surface area contributed by atoms with Gasteiger partial charge in [0.15, 0.2) is 5.82 Å². The van der Waals surface area contributed by atoms with Crippen molar-refractivity contribution in [2.45, 2.75) is 13.8 Å². The van der Waals surface area contributed by atoms with E-state index in [0.29, 0.717) is 5.82 Å². The molecule has 0 bridgehead atoms. The minimum atomic E-state index is -4.28. The van der Waals surface area contributed by atoms with Crippen molar-refractivity contribution in [3.63, 3.8) is 0 Å². The number of hydrogen-bond acceptors (Lipinski definition) is 7. The standard InChI is InChI=1S/C15H16FN5O4S/c1-3-25-15(22)11-5-4-6-12(16)14(11)18-26(23,24)21-9-13-17-7-10(2)8-20(13)19-21/h4-9,18-19H,3H2,1-2H3. The number of anilines is 1. The van der Waals surface area contributed by atoms with E-state index in [4.69, 9.17) is 4.74 Å². The van der Waals surface area contributed by atoms with Crippen LogP contribution in [-0.4, -0.2) is 36.6 Å². The van der Waals surface area contributed by atoms with Crippen LogP contribution in [0.5, 0.6) is 0 Å². The van der Waals surface area contributed by atoms with Crippen LogP contribution in [-0.2, 0) is 14.9 Å². The molecule has 0 atom stereocenters. The van der Waals surface area contributed by atoms with Crippen molar-refractivity contribution < 1.29 is 22.3 Å². The van der Waals surface area contributed by atoms with Gasteiger partial charge in [0.05, 0.1) is 18.4 Å². The van der Waals surface area contributed by atoms with Gasteiger partial charge >= 0.3 is 16.2 Å². The number of fused-ring (bicyclic) bond motifs is 1. The van der Waals surface area contributed by atoms with Gasteiger partial charge in [0, 0.05) is 12.4 Å². The first kappa shape index (κ1) is 17.9. The fourth-order valence-corrected chi connectivity index (χ4v) is 3.25. The SMILES string of the molecule is CCOC(=O)c1cccc(F)c1NS(=O)(=O)N1C=C2N=CC(C)=CN2N1. The molecule has 2 aliphatic heterocycles. The maximum absolute atomic E-state index is 14.2. The van der Waals surface area contributed by atoms with Gasteiger partial charge in [-0.2, -0.15) is 12.8 Å². The Labute approximate surface area is 149 Å². The summed E-state index contributed by atoms with van der Waals surface area (Å²) < 4.78 is 47.0.